The first kappa shape index (κ1) is 23.4. The smallest absolute Gasteiger partial charge is 0.342 e. The first-order valence-corrected chi connectivity index (χ1v) is 9.65. The summed E-state index contributed by atoms with van der Waals surface area (Å²) in [5.41, 5.74) is -0.0849. The molecule has 0 aliphatic carbocycles. The number of aliphatic hydroxyl groups is 4. The molecule has 0 spiro atoms. The molecule has 1 saturated heterocycles. The zero-order valence-electron chi connectivity index (χ0n) is 16.8. The number of benzene rings is 1. The van der Waals surface area contributed by atoms with Crippen LogP contribution in [0.25, 0.3) is 0 Å². The topological polar surface area (TPSA) is 146 Å². The second kappa shape index (κ2) is 10.2. The average molecular weight is 414 g/mol. The lowest BCUT2D eigenvalue weighted by Gasteiger charge is -2.39. The van der Waals surface area contributed by atoms with E-state index in [0.29, 0.717) is 12.3 Å². The first-order chi connectivity index (χ1) is 13.6. The molecule has 1 aromatic carbocycles. The molecule has 164 valence electrons. The number of aliphatic hydroxyl groups excluding tert-OH is 4. The van der Waals surface area contributed by atoms with Gasteiger partial charge in [-0.3, -0.25) is 0 Å². The molecule has 1 unspecified atom stereocenters. The molecule has 1 aliphatic rings. The lowest BCUT2D eigenvalue weighted by molar-refractivity contribution is -0.277. The molecule has 29 heavy (non-hydrogen) atoms. The second-order valence-electron chi connectivity index (χ2n) is 7.68. The summed E-state index contributed by atoms with van der Waals surface area (Å²) in [5, 5.41) is 48.9. The third kappa shape index (κ3) is 6.03. The van der Waals surface area contributed by atoms with Gasteiger partial charge >= 0.3 is 5.97 Å². The number of hydrogen-bond acceptors (Lipinski definition) is 9. The number of ether oxygens (including phenoxy) is 3. The van der Waals surface area contributed by atoms with E-state index in [1.165, 1.54) is 12.1 Å². The van der Waals surface area contributed by atoms with Crippen LogP contribution in [0.2, 0.25) is 0 Å². The average Bonchev–Trinajstić information content (AvgIpc) is 2.67. The quantitative estimate of drug-likeness (QED) is 0.385. The number of rotatable bonds is 8. The van der Waals surface area contributed by atoms with Crippen LogP contribution in [0.4, 0.5) is 0 Å². The van der Waals surface area contributed by atoms with Gasteiger partial charge in [-0.15, -0.1) is 0 Å². The molecule has 0 amide bonds. The summed E-state index contributed by atoms with van der Waals surface area (Å²) in [7, 11) is 0. The SMILES string of the molecule is CC(C)CCC(C)OC(=O)c1cc(O)ccc1O[C@@H]1O[C@H](CO)[C@@H](O)[C@H](O)[C@H]1O. The number of carbonyl (C=O) groups excluding carboxylic acids is 1. The predicted octanol–water partition coefficient (Wildman–Crippen LogP) is 0.552. The highest BCUT2D eigenvalue weighted by atomic mass is 16.7. The van der Waals surface area contributed by atoms with Crippen molar-refractivity contribution in [1.29, 1.82) is 0 Å². The normalized spacial score (nSPS) is 28.2. The maximum absolute atomic E-state index is 12.6. The highest BCUT2D eigenvalue weighted by Gasteiger charge is 2.45. The Balaban J connectivity index is 2.16. The Labute approximate surface area is 169 Å². The zero-order valence-corrected chi connectivity index (χ0v) is 16.8. The molecule has 1 aromatic rings. The molecule has 1 heterocycles. The molecular formula is C20H30O9. The molecule has 9 heteroatoms. The molecule has 6 atom stereocenters. The lowest BCUT2D eigenvalue weighted by Crippen LogP contribution is -2.60. The Morgan fingerprint density at radius 1 is 1.10 bits per heavy atom. The fourth-order valence-electron chi connectivity index (χ4n) is 2.94. The van der Waals surface area contributed by atoms with Gasteiger partial charge in [0.25, 0.3) is 0 Å². The summed E-state index contributed by atoms with van der Waals surface area (Å²) in [6.07, 6.45) is -6.19. The van der Waals surface area contributed by atoms with Gasteiger partial charge in [0.15, 0.2) is 0 Å². The maximum Gasteiger partial charge on any atom is 0.342 e. The second-order valence-corrected chi connectivity index (χ2v) is 7.68. The molecule has 0 aromatic heterocycles. The number of hydrogen-bond donors (Lipinski definition) is 5. The Kier molecular flexibility index (Phi) is 8.23. The Hall–Kier alpha value is -1.91. The molecule has 0 radical (unpaired) electrons. The van der Waals surface area contributed by atoms with Crippen molar-refractivity contribution in [3.05, 3.63) is 23.8 Å². The van der Waals surface area contributed by atoms with Gasteiger partial charge in [0.2, 0.25) is 6.29 Å². The molecule has 5 N–H and O–H groups in total. The van der Waals surface area contributed by atoms with E-state index < -0.39 is 43.3 Å². The van der Waals surface area contributed by atoms with Crippen molar-refractivity contribution < 1.29 is 44.5 Å². The van der Waals surface area contributed by atoms with Crippen LogP contribution in [0.1, 0.15) is 44.0 Å². The van der Waals surface area contributed by atoms with Gasteiger partial charge < -0.3 is 39.7 Å². The van der Waals surface area contributed by atoms with E-state index in [9.17, 15) is 30.3 Å². The summed E-state index contributed by atoms with van der Waals surface area (Å²) in [5.74, 6) is -0.500. The van der Waals surface area contributed by atoms with Crippen LogP contribution in [0.3, 0.4) is 0 Å². The number of aromatic hydroxyl groups is 1. The van der Waals surface area contributed by atoms with Crippen molar-refractivity contribution in [2.45, 2.75) is 70.4 Å². The van der Waals surface area contributed by atoms with Gasteiger partial charge in [-0.1, -0.05) is 13.8 Å². The van der Waals surface area contributed by atoms with E-state index in [1.807, 2.05) is 0 Å². The largest absolute Gasteiger partial charge is 0.508 e. The van der Waals surface area contributed by atoms with Gasteiger partial charge in [0, 0.05) is 0 Å². The molecule has 1 fully saturated rings. The summed E-state index contributed by atoms with van der Waals surface area (Å²) in [4.78, 5) is 12.6. The molecule has 9 nitrogen and oxygen atoms in total. The van der Waals surface area contributed by atoms with Crippen molar-refractivity contribution in [2.24, 2.45) is 5.92 Å². The van der Waals surface area contributed by atoms with Gasteiger partial charge in [0.1, 0.15) is 41.5 Å². The Bertz CT molecular complexity index is 676. The van der Waals surface area contributed by atoms with Gasteiger partial charge in [0.05, 0.1) is 12.7 Å². The van der Waals surface area contributed by atoms with Crippen LogP contribution in [0, 0.1) is 5.92 Å². The van der Waals surface area contributed by atoms with E-state index in [-0.39, 0.29) is 23.2 Å². The molecule has 0 saturated carbocycles. The van der Waals surface area contributed by atoms with Crippen molar-refractivity contribution in [3.8, 4) is 11.5 Å². The molecule has 0 bridgehead atoms. The standard InChI is InChI=1S/C20H30O9/c1-10(2)4-5-11(3)27-19(26)13-8-12(22)6-7-14(13)28-20-18(25)17(24)16(23)15(9-21)29-20/h6-8,10-11,15-18,20-25H,4-5,9H2,1-3H3/t11?,15-,16-,17+,18-,20-/m1/s1. The van der Waals surface area contributed by atoms with Crippen LogP contribution in [-0.4, -0.2) is 74.9 Å². The van der Waals surface area contributed by atoms with Crippen molar-refractivity contribution in [1.82, 2.24) is 0 Å². The summed E-state index contributed by atoms with van der Waals surface area (Å²) in [6, 6.07) is 3.74. The Morgan fingerprint density at radius 2 is 1.79 bits per heavy atom. The van der Waals surface area contributed by atoms with E-state index >= 15 is 0 Å². The number of carbonyl (C=O) groups is 1. The fourth-order valence-corrected chi connectivity index (χ4v) is 2.94. The lowest BCUT2D eigenvalue weighted by atomic mass is 9.99. The van der Waals surface area contributed by atoms with Gasteiger partial charge in [-0.05, 0) is 43.9 Å². The van der Waals surface area contributed by atoms with Gasteiger partial charge in [-0.2, -0.15) is 0 Å². The van der Waals surface area contributed by atoms with Crippen LogP contribution in [0.5, 0.6) is 11.5 Å². The number of phenolic OH excluding ortho intramolecular Hbond substituents is 1. The molecule has 2 rings (SSSR count). The van der Waals surface area contributed by atoms with Crippen molar-refractivity contribution in [2.75, 3.05) is 6.61 Å². The van der Waals surface area contributed by atoms with Gasteiger partial charge in [-0.25, -0.2) is 4.79 Å². The van der Waals surface area contributed by atoms with Crippen LogP contribution < -0.4 is 4.74 Å². The third-order valence-electron chi connectivity index (χ3n) is 4.73. The van der Waals surface area contributed by atoms with Crippen LogP contribution in [0.15, 0.2) is 18.2 Å². The highest BCUT2D eigenvalue weighted by Crippen LogP contribution is 2.29. The first-order valence-electron chi connectivity index (χ1n) is 9.65. The minimum absolute atomic E-state index is 0.0480. The fraction of sp³-hybridized carbons (Fsp3) is 0.650. The minimum Gasteiger partial charge on any atom is -0.508 e. The van der Waals surface area contributed by atoms with Crippen LogP contribution in [-0.2, 0) is 9.47 Å². The monoisotopic (exact) mass is 414 g/mol. The minimum atomic E-state index is -1.63. The summed E-state index contributed by atoms with van der Waals surface area (Å²) < 4.78 is 16.3. The van der Waals surface area contributed by atoms with Crippen molar-refractivity contribution >= 4 is 5.97 Å². The number of phenols is 1. The predicted molar refractivity (Wildman–Crippen MR) is 101 cm³/mol. The third-order valence-corrected chi connectivity index (χ3v) is 4.73. The maximum atomic E-state index is 12.6. The summed E-state index contributed by atoms with van der Waals surface area (Å²) in [6.45, 7) is 5.29. The van der Waals surface area contributed by atoms with Crippen molar-refractivity contribution in [3.63, 3.8) is 0 Å². The highest BCUT2D eigenvalue weighted by molar-refractivity contribution is 5.93. The van der Waals surface area contributed by atoms with Crippen LogP contribution >= 0.6 is 0 Å². The molecular weight excluding hydrogens is 384 g/mol. The molecule has 1 aliphatic heterocycles. The summed E-state index contributed by atoms with van der Waals surface area (Å²) >= 11 is 0. The van der Waals surface area contributed by atoms with E-state index in [0.717, 1.165) is 12.5 Å². The van der Waals surface area contributed by atoms with E-state index in [1.54, 1.807) is 6.92 Å². The number of esters is 1. The zero-order chi connectivity index (χ0) is 21.7. The van der Waals surface area contributed by atoms with E-state index in [2.05, 4.69) is 13.8 Å². The van der Waals surface area contributed by atoms with E-state index in [4.69, 9.17) is 14.2 Å². The Morgan fingerprint density at radius 3 is 2.41 bits per heavy atom.